The molecular formula is C12H26O12P3. The Morgan fingerprint density at radius 2 is 1.44 bits per heavy atom. The summed E-state index contributed by atoms with van der Waals surface area (Å²) in [5.74, 6) is 0. The molecule has 15 heteroatoms. The molecule has 0 aromatic rings. The quantitative estimate of drug-likeness (QED) is 0.407. The first-order chi connectivity index (χ1) is 12.6. The zero-order valence-corrected chi connectivity index (χ0v) is 18.4. The summed E-state index contributed by atoms with van der Waals surface area (Å²) in [5, 5.41) is 9.94. The van der Waals surface area contributed by atoms with Crippen LogP contribution in [-0.4, -0.2) is 58.5 Å². The summed E-state index contributed by atoms with van der Waals surface area (Å²) in [4.78, 5) is 0. The first-order valence-electron chi connectivity index (χ1n) is 7.87. The minimum absolute atomic E-state index is 0.274. The van der Waals surface area contributed by atoms with Gasteiger partial charge in [0.15, 0.2) is 0 Å². The zero-order chi connectivity index (χ0) is 20.7. The van der Waals surface area contributed by atoms with Crippen LogP contribution in [0.5, 0.6) is 0 Å². The number of aliphatic hydroxyl groups is 1. The second-order valence-electron chi connectivity index (χ2n) is 5.22. The number of hydrogen-bond donors (Lipinski definition) is 1. The molecule has 1 aliphatic heterocycles. The first kappa shape index (κ1) is 25.4. The van der Waals surface area contributed by atoms with Crippen LogP contribution in [-0.2, 0) is 49.7 Å². The predicted octanol–water partition coefficient (Wildman–Crippen LogP) is 3.08. The normalized spacial score (nSPS) is 28.0. The van der Waals surface area contributed by atoms with E-state index >= 15 is 0 Å². The Morgan fingerprint density at radius 3 is 1.93 bits per heavy atom. The van der Waals surface area contributed by atoms with Crippen LogP contribution in [0, 0.1) is 6.42 Å². The van der Waals surface area contributed by atoms with Crippen LogP contribution >= 0.6 is 23.5 Å². The molecule has 1 N–H and O–H groups in total. The molecule has 12 nitrogen and oxygen atoms in total. The highest BCUT2D eigenvalue weighted by atomic mass is 31.3. The lowest BCUT2D eigenvalue weighted by molar-refractivity contribution is -0.0243. The Hall–Kier alpha value is 0.330. The molecule has 161 valence electrons. The summed E-state index contributed by atoms with van der Waals surface area (Å²) in [6, 6.07) is 0. The molecule has 0 aliphatic carbocycles. The summed E-state index contributed by atoms with van der Waals surface area (Å²) in [7, 11) is -9.74. The Balaban J connectivity index is 2.77. The summed E-state index contributed by atoms with van der Waals surface area (Å²) < 4.78 is 75.1. The Bertz CT molecular complexity index is 590. The Morgan fingerprint density at radius 1 is 0.926 bits per heavy atom. The molecule has 0 aromatic heterocycles. The van der Waals surface area contributed by atoms with E-state index in [0.29, 0.717) is 6.42 Å². The van der Waals surface area contributed by atoms with E-state index in [1.54, 1.807) is 6.42 Å². The highest BCUT2D eigenvalue weighted by Crippen LogP contribution is 2.72. The van der Waals surface area contributed by atoms with Gasteiger partial charge in [-0.3, -0.25) is 22.6 Å². The van der Waals surface area contributed by atoms with Gasteiger partial charge in [-0.25, -0.2) is 13.7 Å². The van der Waals surface area contributed by atoms with Crippen molar-refractivity contribution in [1.82, 2.24) is 0 Å². The van der Waals surface area contributed by atoms with Gasteiger partial charge in [-0.1, -0.05) is 13.3 Å². The lowest BCUT2D eigenvalue weighted by atomic mass is 10.1. The summed E-state index contributed by atoms with van der Waals surface area (Å²) in [5.41, 5.74) is 0. The van der Waals surface area contributed by atoms with Gasteiger partial charge in [-0.15, -0.1) is 0 Å². The number of ether oxygens (including phenoxy) is 1. The third-order valence-electron chi connectivity index (χ3n) is 3.41. The van der Waals surface area contributed by atoms with E-state index in [4.69, 9.17) is 13.6 Å². The van der Waals surface area contributed by atoms with Gasteiger partial charge in [-0.2, -0.15) is 8.62 Å². The third-order valence-corrected chi connectivity index (χ3v) is 8.86. The molecule has 0 saturated carbocycles. The van der Waals surface area contributed by atoms with Gasteiger partial charge < -0.3 is 9.84 Å². The molecule has 0 aromatic carbocycles. The smallest absolute Gasteiger partial charge is 0.390 e. The van der Waals surface area contributed by atoms with Gasteiger partial charge in [0.05, 0.1) is 18.8 Å². The van der Waals surface area contributed by atoms with Crippen molar-refractivity contribution in [2.24, 2.45) is 0 Å². The topological polar surface area (TPSA) is 145 Å². The molecule has 1 saturated heterocycles. The van der Waals surface area contributed by atoms with Gasteiger partial charge in [-0.05, 0) is 6.42 Å². The van der Waals surface area contributed by atoms with Crippen molar-refractivity contribution < 1.29 is 54.8 Å². The summed E-state index contributed by atoms with van der Waals surface area (Å²) >= 11 is 0. The van der Waals surface area contributed by atoms with Crippen molar-refractivity contribution in [3.05, 3.63) is 6.42 Å². The zero-order valence-electron chi connectivity index (χ0n) is 15.7. The van der Waals surface area contributed by atoms with Crippen molar-refractivity contribution in [2.45, 2.75) is 38.1 Å². The van der Waals surface area contributed by atoms with Crippen LogP contribution in [0.1, 0.15) is 19.8 Å². The van der Waals surface area contributed by atoms with Crippen LogP contribution in [0.3, 0.4) is 0 Å². The molecule has 1 aliphatic rings. The van der Waals surface area contributed by atoms with Gasteiger partial charge in [0.1, 0.15) is 6.10 Å². The predicted molar refractivity (Wildman–Crippen MR) is 92.9 cm³/mol. The van der Waals surface area contributed by atoms with Gasteiger partial charge in [0.25, 0.3) is 0 Å². The van der Waals surface area contributed by atoms with Crippen molar-refractivity contribution >= 4 is 23.5 Å². The van der Waals surface area contributed by atoms with E-state index in [9.17, 15) is 18.8 Å². The molecule has 5 unspecified atom stereocenters. The van der Waals surface area contributed by atoms with E-state index in [-0.39, 0.29) is 6.10 Å². The summed E-state index contributed by atoms with van der Waals surface area (Å²) in [6.07, 6.45) is 1.06. The first-order valence-corrected chi connectivity index (χ1v) is 12.2. The fraction of sp³-hybridized carbons (Fsp3) is 0.917. The van der Waals surface area contributed by atoms with Crippen LogP contribution in [0.15, 0.2) is 0 Å². The average Bonchev–Trinajstić information content (AvgIpc) is 2.99. The van der Waals surface area contributed by atoms with E-state index < -0.39 is 42.3 Å². The average molecular weight is 455 g/mol. The van der Waals surface area contributed by atoms with E-state index in [1.165, 1.54) is 0 Å². The molecule has 1 radical (unpaired) electrons. The second kappa shape index (κ2) is 10.9. The maximum atomic E-state index is 12.6. The van der Waals surface area contributed by atoms with E-state index in [2.05, 4.69) is 22.4 Å². The lowest BCUT2D eigenvalue weighted by Crippen LogP contribution is -2.26. The van der Waals surface area contributed by atoms with Crippen LogP contribution in [0.25, 0.3) is 0 Å². The molecule has 0 amide bonds. The number of aliphatic hydroxyl groups excluding tert-OH is 1. The Kier molecular flexibility index (Phi) is 10.3. The molecule has 0 spiro atoms. The standard InChI is InChI=1S/C12H26O12P3/c1-6-7-10-8-11(13)12(22-10)9-21-26(15,19-4)24-27(16,20-5)23-25(14,17-2)18-3/h8,10-13H,6-7,9H2,1-5H3. The van der Waals surface area contributed by atoms with E-state index in [0.717, 1.165) is 34.9 Å². The maximum Gasteiger partial charge on any atom is 0.492 e. The van der Waals surface area contributed by atoms with Crippen LogP contribution < -0.4 is 0 Å². The minimum Gasteiger partial charge on any atom is -0.390 e. The van der Waals surface area contributed by atoms with Crippen molar-refractivity contribution in [3.63, 3.8) is 0 Å². The van der Waals surface area contributed by atoms with Gasteiger partial charge in [0.2, 0.25) is 0 Å². The number of phosphoric acid groups is 3. The van der Waals surface area contributed by atoms with Gasteiger partial charge >= 0.3 is 23.5 Å². The molecule has 27 heavy (non-hydrogen) atoms. The Labute approximate surface area is 158 Å². The number of hydrogen-bond acceptors (Lipinski definition) is 12. The highest BCUT2D eigenvalue weighted by Gasteiger charge is 2.46. The van der Waals surface area contributed by atoms with Crippen LogP contribution in [0.4, 0.5) is 0 Å². The molecular weight excluding hydrogens is 429 g/mol. The third kappa shape index (κ3) is 7.59. The fourth-order valence-electron chi connectivity index (χ4n) is 2.02. The van der Waals surface area contributed by atoms with Crippen LogP contribution in [0.2, 0.25) is 0 Å². The number of rotatable bonds is 13. The summed E-state index contributed by atoms with van der Waals surface area (Å²) in [6.45, 7) is 1.56. The fourth-order valence-corrected chi connectivity index (χ4v) is 6.48. The SMILES string of the molecule is CCCC1[CH]C(O)C(COP(=O)(OC)OP(=O)(OC)OP(=O)(OC)OC)O1. The van der Waals surface area contributed by atoms with Crippen molar-refractivity contribution in [2.75, 3.05) is 35.0 Å². The number of phosphoric ester groups is 2. The maximum absolute atomic E-state index is 12.6. The largest absolute Gasteiger partial charge is 0.492 e. The van der Waals surface area contributed by atoms with Crippen molar-refractivity contribution in [3.8, 4) is 0 Å². The minimum atomic E-state index is -4.73. The van der Waals surface area contributed by atoms with Gasteiger partial charge in [0, 0.05) is 34.9 Å². The lowest BCUT2D eigenvalue weighted by Gasteiger charge is -2.24. The highest BCUT2D eigenvalue weighted by molar-refractivity contribution is 7.67. The molecule has 1 rings (SSSR count). The molecule has 1 fully saturated rings. The molecule has 0 bridgehead atoms. The monoisotopic (exact) mass is 455 g/mol. The molecule has 1 heterocycles. The molecule has 5 atom stereocenters. The van der Waals surface area contributed by atoms with E-state index in [1.807, 2.05) is 6.92 Å². The second-order valence-corrected chi connectivity index (χ2v) is 10.9. The van der Waals surface area contributed by atoms with Crippen molar-refractivity contribution in [1.29, 1.82) is 0 Å².